The summed E-state index contributed by atoms with van der Waals surface area (Å²) in [6, 6.07) is 10.5. The highest BCUT2D eigenvalue weighted by Gasteiger charge is 2.12. The number of aromatic nitrogens is 1. The lowest BCUT2D eigenvalue weighted by molar-refractivity contribution is 0.799. The zero-order valence-electron chi connectivity index (χ0n) is 11.5. The third kappa shape index (κ3) is 4.06. The number of hydrogen-bond donors (Lipinski definition) is 1. The van der Waals surface area contributed by atoms with Gasteiger partial charge in [0.2, 0.25) is 0 Å². The van der Waals surface area contributed by atoms with Crippen LogP contribution in [0.2, 0.25) is 0 Å². The molecule has 0 saturated carbocycles. The largest absolute Gasteiger partial charge is 0.319 e. The summed E-state index contributed by atoms with van der Waals surface area (Å²) in [5.74, 6) is 2.17. The maximum Gasteiger partial charge on any atom is 0.103 e. The van der Waals surface area contributed by atoms with Crippen molar-refractivity contribution in [3.8, 4) is 11.3 Å². The first-order valence-corrected chi connectivity index (χ1v) is 8.58. The molecule has 2 aromatic rings. The number of nitrogens with zero attached hydrogens (tertiary/aromatic N) is 1. The maximum atomic E-state index is 4.84. The van der Waals surface area contributed by atoms with Gasteiger partial charge in [0, 0.05) is 16.2 Å². The number of thiazole rings is 1. The van der Waals surface area contributed by atoms with Crippen LogP contribution in [0.3, 0.4) is 0 Å². The van der Waals surface area contributed by atoms with E-state index in [2.05, 4.69) is 42.6 Å². The summed E-state index contributed by atoms with van der Waals surface area (Å²) < 4.78 is 0. The Bertz CT molecular complexity index is 494. The lowest BCUT2D eigenvalue weighted by Gasteiger charge is -2.01. The minimum absolute atomic E-state index is 1.00. The van der Waals surface area contributed by atoms with Gasteiger partial charge in [-0.3, -0.25) is 0 Å². The number of nitrogens with one attached hydrogen (secondary N) is 1. The van der Waals surface area contributed by atoms with Crippen LogP contribution < -0.4 is 5.32 Å². The fraction of sp³-hybridized carbons (Fsp3) is 0.400. The molecule has 102 valence electrons. The molecule has 0 atom stereocenters. The van der Waals surface area contributed by atoms with E-state index in [0.29, 0.717) is 0 Å². The van der Waals surface area contributed by atoms with Gasteiger partial charge in [-0.25, -0.2) is 4.98 Å². The van der Waals surface area contributed by atoms with Crippen molar-refractivity contribution >= 4 is 23.1 Å². The molecule has 0 saturated heterocycles. The maximum absolute atomic E-state index is 4.84. The van der Waals surface area contributed by atoms with Gasteiger partial charge in [-0.2, -0.15) is 11.8 Å². The number of likely N-dealkylation sites (N-methyl/N-ethyl adjacent to an activating group) is 1. The molecule has 0 bridgehead atoms. The van der Waals surface area contributed by atoms with E-state index in [1.54, 1.807) is 0 Å². The minimum Gasteiger partial charge on any atom is -0.319 e. The molecule has 0 aliphatic rings. The Balaban J connectivity index is 2.25. The molecule has 2 nitrogen and oxygen atoms in total. The lowest BCUT2D eigenvalue weighted by Crippen LogP contribution is -2.09. The minimum atomic E-state index is 1.00. The Morgan fingerprint density at radius 2 is 2.05 bits per heavy atom. The van der Waals surface area contributed by atoms with E-state index < -0.39 is 0 Å². The second-order valence-corrected chi connectivity index (χ2v) is 6.68. The van der Waals surface area contributed by atoms with Crippen molar-refractivity contribution in [2.75, 3.05) is 19.3 Å². The molecule has 19 heavy (non-hydrogen) atoms. The average Bonchev–Trinajstić information content (AvgIpc) is 2.87. The molecule has 4 heteroatoms. The van der Waals surface area contributed by atoms with Crippen LogP contribution in [0.4, 0.5) is 0 Å². The quantitative estimate of drug-likeness (QED) is 0.839. The summed E-state index contributed by atoms with van der Waals surface area (Å²) in [6.07, 6.45) is 1.05. The standard InChI is InChI=1S/C15H20N2S2/c1-3-18-11-14-17-15(12-7-5-4-6-8-12)13(19-14)9-10-16-2/h4-8,16H,3,9-11H2,1-2H3. The highest BCUT2D eigenvalue weighted by atomic mass is 32.2. The average molecular weight is 292 g/mol. The fourth-order valence-electron chi connectivity index (χ4n) is 1.88. The molecule has 1 heterocycles. The van der Waals surface area contributed by atoms with Gasteiger partial charge >= 0.3 is 0 Å². The van der Waals surface area contributed by atoms with Crippen LogP contribution in [-0.2, 0) is 12.2 Å². The lowest BCUT2D eigenvalue weighted by atomic mass is 10.1. The highest BCUT2D eigenvalue weighted by Crippen LogP contribution is 2.30. The van der Waals surface area contributed by atoms with Crippen LogP contribution in [0.25, 0.3) is 11.3 Å². The molecule has 0 unspecified atom stereocenters. The van der Waals surface area contributed by atoms with Crippen molar-refractivity contribution < 1.29 is 0 Å². The van der Waals surface area contributed by atoms with E-state index >= 15 is 0 Å². The summed E-state index contributed by atoms with van der Waals surface area (Å²) in [5.41, 5.74) is 2.41. The second-order valence-electron chi connectivity index (χ2n) is 4.24. The fourth-order valence-corrected chi connectivity index (χ4v) is 3.70. The van der Waals surface area contributed by atoms with Gasteiger partial charge in [-0.05, 0) is 25.8 Å². The van der Waals surface area contributed by atoms with Crippen LogP contribution in [0, 0.1) is 0 Å². The van der Waals surface area contributed by atoms with Gasteiger partial charge in [0.05, 0.1) is 5.69 Å². The monoisotopic (exact) mass is 292 g/mol. The topological polar surface area (TPSA) is 24.9 Å². The predicted molar refractivity (Wildman–Crippen MR) is 87.0 cm³/mol. The first-order chi connectivity index (χ1) is 9.35. The van der Waals surface area contributed by atoms with E-state index in [-0.39, 0.29) is 0 Å². The number of benzene rings is 1. The van der Waals surface area contributed by atoms with E-state index in [9.17, 15) is 0 Å². The smallest absolute Gasteiger partial charge is 0.103 e. The Hall–Kier alpha value is -0.840. The number of hydrogen-bond acceptors (Lipinski definition) is 4. The van der Waals surface area contributed by atoms with Crippen molar-refractivity contribution in [3.63, 3.8) is 0 Å². The van der Waals surface area contributed by atoms with Crippen molar-refractivity contribution in [1.82, 2.24) is 10.3 Å². The number of rotatable bonds is 7. The Morgan fingerprint density at radius 1 is 1.26 bits per heavy atom. The van der Waals surface area contributed by atoms with Gasteiger partial charge in [0.25, 0.3) is 0 Å². The molecule has 0 fully saturated rings. The molecular formula is C15H20N2S2. The third-order valence-electron chi connectivity index (χ3n) is 2.82. The van der Waals surface area contributed by atoms with E-state index in [1.807, 2.05) is 30.1 Å². The van der Waals surface area contributed by atoms with Gasteiger partial charge in [-0.1, -0.05) is 37.3 Å². The third-order valence-corrected chi connectivity index (χ3v) is 5.00. The first kappa shape index (κ1) is 14.6. The van der Waals surface area contributed by atoms with Crippen molar-refractivity contribution in [2.45, 2.75) is 19.1 Å². The summed E-state index contributed by atoms with van der Waals surface area (Å²) in [7, 11) is 2.00. The van der Waals surface area contributed by atoms with Crippen LogP contribution in [0.1, 0.15) is 16.8 Å². The van der Waals surface area contributed by atoms with Crippen molar-refractivity contribution in [3.05, 3.63) is 40.2 Å². The van der Waals surface area contributed by atoms with Crippen molar-refractivity contribution in [1.29, 1.82) is 0 Å². The normalized spacial score (nSPS) is 10.8. The summed E-state index contributed by atoms with van der Waals surface area (Å²) in [4.78, 5) is 6.24. The van der Waals surface area contributed by atoms with Crippen LogP contribution >= 0.6 is 23.1 Å². The molecular weight excluding hydrogens is 272 g/mol. The second kappa shape index (κ2) is 7.68. The molecule has 1 aromatic carbocycles. The van der Waals surface area contributed by atoms with Gasteiger partial charge in [0.15, 0.2) is 0 Å². The zero-order chi connectivity index (χ0) is 13.5. The van der Waals surface area contributed by atoms with E-state index in [0.717, 1.165) is 24.5 Å². The molecule has 1 aromatic heterocycles. The molecule has 0 radical (unpaired) electrons. The molecule has 0 spiro atoms. The zero-order valence-corrected chi connectivity index (χ0v) is 13.1. The van der Waals surface area contributed by atoms with E-state index in [1.165, 1.54) is 21.1 Å². The summed E-state index contributed by atoms with van der Waals surface area (Å²) in [6.45, 7) is 3.20. The molecule has 0 aliphatic heterocycles. The van der Waals surface area contributed by atoms with Crippen LogP contribution in [0.5, 0.6) is 0 Å². The van der Waals surface area contributed by atoms with E-state index in [4.69, 9.17) is 4.98 Å². The molecule has 1 N–H and O–H groups in total. The molecule has 2 rings (SSSR count). The Morgan fingerprint density at radius 3 is 2.74 bits per heavy atom. The highest BCUT2D eigenvalue weighted by molar-refractivity contribution is 7.98. The summed E-state index contributed by atoms with van der Waals surface area (Å²) >= 11 is 3.80. The van der Waals surface area contributed by atoms with Crippen molar-refractivity contribution in [2.24, 2.45) is 0 Å². The van der Waals surface area contributed by atoms with Gasteiger partial charge < -0.3 is 5.32 Å². The van der Waals surface area contributed by atoms with Crippen LogP contribution in [0.15, 0.2) is 30.3 Å². The van der Waals surface area contributed by atoms with Crippen LogP contribution in [-0.4, -0.2) is 24.3 Å². The SMILES string of the molecule is CCSCc1nc(-c2ccccc2)c(CCNC)s1. The predicted octanol–water partition coefficient (Wildman–Crippen LogP) is 3.83. The first-order valence-electron chi connectivity index (χ1n) is 6.61. The van der Waals surface area contributed by atoms with Gasteiger partial charge in [0.1, 0.15) is 5.01 Å². The summed E-state index contributed by atoms with van der Waals surface area (Å²) in [5, 5.41) is 4.47. The Kier molecular flexibility index (Phi) is 5.89. The number of thioether (sulfide) groups is 1. The molecule has 0 amide bonds. The van der Waals surface area contributed by atoms with Gasteiger partial charge in [-0.15, -0.1) is 11.3 Å². The Labute approximate surface area is 123 Å². The molecule has 0 aliphatic carbocycles.